The van der Waals surface area contributed by atoms with Crippen molar-refractivity contribution < 1.29 is 19.6 Å². The zero-order chi connectivity index (χ0) is 17.1. The number of nitro groups is 1. The first-order chi connectivity index (χ1) is 10.8. The van der Waals surface area contributed by atoms with Gasteiger partial charge in [-0.3, -0.25) is 14.9 Å². The highest BCUT2D eigenvalue weighted by Crippen LogP contribution is 2.33. The van der Waals surface area contributed by atoms with Gasteiger partial charge in [0.1, 0.15) is 11.5 Å². The Hall–Kier alpha value is -2.51. The van der Waals surface area contributed by atoms with Gasteiger partial charge in [-0.1, -0.05) is 23.2 Å². The number of anilines is 1. The Kier molecular flexibility index (Phi) is 4.92. The maximum atomic E-state index is 12.2. The molecule has 2 aromatic carbocycles. The van der Waals surface area contributed by atoms with E-state index in [9.17, 15) is 20.0 Å². The van der Waals surface area contributed by atoms with Gasteiger partial charge < -0.3 is 15.2 Å². The van der Waals surface area contributed by atoms with Crippen molar-refractivity contribution in [3.8, 4) is 11.5 Å². The molecule has 0 fully saturated rings. The Morgan fingerprint density at radius 1 is 1.26 bits per heavy atom. The molecule has 0 spiro atoms. The van der Waals surface area contributed by atoms with Crippen LogP contribution in [0.15, 0.2) is 30.3 Å². The topological polar surface area (TPSA) is 102 Å². The molecular formula is C14H10Cl2N2O5. The summed E-state index contributed by atoms with van der Waals surface area (Å²) in [4.78, 5) is 22.2. The van der Waals surface area contributed by atoms with E-state index in [2.05, 4.69) is 5.32 Å². The van der Waals surface area contributed by atoms with Crippen LogP contribution < -0.4 is 10.1 Å². The van der Waals surface area contributed by atoms with E-state index in [1.165, 1.54) is 31.4 Å². The number of aromatic hydroxyl groups is 1. The van der Waals surface area contributed by atoms with Crippen molar-refractivity contribution >= 4 is 40.5 Å². The van der Waals surface area contributed by atoms with Crippen molar-refractivity contribution in [3.05, 3.63) is 56.1 Å². The molecule has 2 aromatic rings. The van der Waals surface area contributed by atoms with Crippen molar-refractivity contribution in [3.63, 3.8) is 0 Å². The van der Waals surface area contributed by atoms with Crippen LogP contribution in [0, 0.1) is 10.1 Å². The van der Waals surface area contributed by atoms with E-state index in [4.69, 9.17) is 27.9 Å². The van der Waals surface area contributed by atoms with Crippen LogP contribution in [0.5, 0.6) is 11.5 Å². The number of methoxy groups -OCH3 is 1. The standard InChI is InChI=1S/C14H10Cl2N2O5/c1-23-13-6-12(19)8(5-10(13)16)14(20)17-11-3-2-7(18(21)22)4-9(11)15/h2-6,19H,1H3,(H,17,20). The molecule has 0 aliphatic heterocycles. The number of phenolic OH excluding ortho intramolecular Hbond substituents is 1. The summed E-state index contributed by atoms with van der Waals surface area (Å²) in [5, 5.41) is 23.1. The summed E-state index contributed by atoms with van der Waals surface area (Å²) in [6.45, 7) is 0. The van der Waals surface area contributed by atoms with Gasteiger partial charge in [0, 0.05) is 18.2 Å². The highest BCUT2D eigenvalue weighted by atomic mass is 35.5. The second-order valence-corrected chi connectivity index (χ2v) is 5.19. The van der Waals surface area contributed by atoms with Gasteiger partial charge in [-0.2, -0.15) is 0 Å². The number of ether oxygens (including phenoxy) is 1. The van der Waals surface area contributed by atoms with Crippen molar-refractivity contribution in [1.29, 1.82) is 0 Å². The van der Waals surface area contributed by atoms with E-state index in [-0.39, 0.29) is 38.5 Å². The second kappa shape index (κ2) is 6.72. The molecule has 2 rings (SSSR count). The van der Waals surface area contributed by atoms with Gasteiger partial charge in [-0.25, -0.2) is 0 Å². The number of carbonyl (C=O) groups excluding carboxylic acids is 1. The molecule has 9 heteroatoms. The maximum absolute atomic E-state index is 12.2. The molecular weight excluding hydrogens is 347 g/mol. The van der Waals surface area contributed by atoms with E-state index in [1.54, 1.807) is 0 Å². The van der Waals surface area contributed by atoms with Crippen molar-refractivity contribution in [2.45, 2.75) is 0 Å². The van der Waals surface area contributed by atoms with Crippen LogP contribution in [0.25, 0.3) is 0 Å². The number of hydrogen-bond acceptors (Lipinski definition) is 5. The van der Waals surface area contributed by atoms with Crippen LogP contribution in [0.3, 0.4) is 0 Å². The van der Waals surface area contributed by atoms with Crippen molar-refractivity contribution in [2.75, 3.05) is 12.4 Å². The van der Waals surface area contributed by atoms with Gasteiger partial charge in [-0.15, -0.1) is 0 Å². The minimum absolute atomic E-state index is 0.00773. The van der Waals surface area contributed by atoms with E-state index < -0.39 is 10.8 Å². The summed E-state index contributed by atoms with van der Waals surface area (Å²) in [5.41, 5.74) is -0.137. The maximum Gasteiger partial charge on any atom is 0.271 e. The fourth-order valence-electron chi connectivity index (χ4n) is 1.79. The van der Waals surface area contributed by atoms with Gasteiger partial charge in [0.05, 0.1) is 33.3 Å². The van der Waals surface area contributed by atoms with Crippen LogP contribution in [-0.4, -0.2) is 23.0 Å². The number of amides is 1. The molecule has 0 saturated carbocycles. The number of benzene rings is 2. The van der Waals surface area contributed by atoms with Crippen molar-refractivity contribution in [2.24, 2.45) is 0 Å². The summed E-state index contributed by atoms with van der Waals surface area (Å²) < 4.78 is 4.92. The van der Waals surface area contributed by atoms with E-state index in [0.717, 1.165) is 6.07 Å². The Balaban J connectivity index is 2.29. The number of nitro benzene ring substituents is 1. The number of non-ortho nitro benzene ring substituents is 1. The number of nitrogens with zero attached hydrogens (tertiary/aromatic N) is 1. The smallest absolute Gasteiger partial charge is 0.271 e. The average Bonchev–Trinajstić information content (AvgIpc) is 2.50. The molecule has 0 aliphatic rings. The summed E-state index contributed by atoms with van der Waals surface area (Å²) in [5.74, 6) is -0.793. The Bertz CT molecular complexity index is 795. The van der Waals surface area contributed by atoms with Crippen molar-refractivity contribution in [1.82, 2.24) is 0 Å². The molecule has 7 nitrogen and oxygen atoms in total. The number of hydrogen-bond donors (Lipinski definition) is 2. The Morgan fingerprint density at radius 2 is 1.96 bits per heavy atom. The number of rotatable bonds is 4. The van der Waals surface area contributed by atoms with Crippen LogP contribution in [0.2, 0.25) is 10.0 Å². The Labute approximate surface area is 140 Å². The minimum Gasteiger partial charge on any atom is -0.507 e. The number of halogens is 2. The Morgan fingerprint density at radius 3 is 2.52 bits per heavy atom. The lowest BCUT2D eigenvalue weighted by Crippen LogP contribution is -2.12. The molecule has 1 amide bonds. The molecule has 0 unspecified atom stereocenters. The molecule has 120 valence electrons. The molecule has 0 radical (unpaired) electrons. The molecule has 0 aliphatic carbocycles. The first kappa shape index (κ1) is 16.9. The minimum atomic E-state index is -0.678. The fraction of sp³-hybridized carbons (Fsp3) is 0.0714. The summed E-state index contributed by atoms with van der Waals surface area (Å²) in [6, 6.07) is 6.04. The molecule has 0 saturated heterocycles. The van der Waals surface area contributed by atoms with Crippen LogP contribution in [0.1, 0.15) is 10.4 Å². The van der Waals surface area contributed by atoms with Gasteiger partial charge in [0.15, 0.2) is 0 Å². The fourth-order valence-corrected chi connectivity index (χ4v) is 2.25. The highest BCUT2D eigenvalue weighted by Gasteiger charge is 2.17. The molecule has 23 heavy (non-hydrogen) atoms. The quantitative estimate of drug-likeness (QED) is 0.639. The zero-order valence-corrected chi connectivity index (χ0v) is 13.2. The predicted octanol–water partition coefficient (Wildman–Crippen LogP) is 3.87. The first-order valence-corrected chi connectivity index (χ1v) is 6.91. The predicted molar refractivity (Wildman–Crippen MR) is 85.7 cm³/mol. The number of carbonyl (C=O) groups is 1. The SMILES string of the molecule is COc1cc(O)c(C(=O)Nc2ccc([N+](=O)[O-])cc2Cl)cc1Cl. The highest BCUT2D eigenvalue weighted by molar-refractivity contribution is 6.34. The first-order valence-electron chi connectivity index (χ1n) is 6.15. The van der Waals surface area contributed by atoms with E-state index >= 15 is 0 Å². The third kappa shape index (κ3) is 3.64. The van der Waals surface area contributed by atoms with Gasteiger partial charge in [0.2, 0.25) is 0 Å². The largest absolute Gasteiger partial charge is 0.507 e. The molecule has 0 heterocycles. The van der Waals surface area contributed by atoms with Gasteiger partial charge in [-0.05, 0) is 12.1 Å². The van der Waals surface area contributed by atoms with Gasteiger partial charge in [0.25, 0.3) is 11.6 Å². The monoisotopic (exact) mass is 356 g/mol. The molecule has 0 atom stereocenters. The lowest BCUT2D eigenvalue weighted by molar-refractivity contribution is -0.384. The summed E-state index contributed by atoms with van der Waals surface area (Å²) in [6.07, 6.45) is 0. The number of nitrogens with one attached hydrogen (secondary N) is 1. The van der Waals surface area contributed by atoms with Crippen LogP contribution >= 0.6 is 23.2 Å². The third-order valence-corrected chi connectivity index (χ3v) is 3.53. The molecule has 0 bridgehead atoms. The van der Waals surface area contributed by atoms with E-state index in [0.29, 0.717) is 0 Å². The summed E-state index contributed by atoms with van der Waals surface area (Å²) >= 11 is 11.8. The number of phenols is 1. The summed E-state index contributed by atoms with van der Waals surface area (Å²) in [7, 11) is 1.37. The van der Waals surface area contributed by atoms with Crippen LogP contribution in [-0.2, 0) is 0 Å². The average molecular weight is 357 g/mol. The third-order valence-electron chi connectivity index (χ3n) is 2.93. The zero-order valence-electron chi connectivity index (χ0n) is 11.7. The molecule has 0 aromatic heterocycles. The van der Waals surface area contributed by atoms with E-state index in [1.807, 2.05) is 0 Å². The normalized spacial score (nSPS) is 10.2. The lowest BCUT2D eigenvalue weighted by atomic mass is 10.1. The second-order valence-electron chi connectivity index (χ2n) is 4.38. The van der Waals surface area contributed by atoms with Gasteiger partial charge >= 0.3 is 0 Å². The van der Waals surface area contributed by atoms with Crippen LogP contribution in [0.4, 0.5) is 11.4 Å². The molecule has 2 N–H and O–H groups in total. The lowest BCUT2D eigenvalue weighted by Gasteiger charge is -2.10.